The summed E-state index contributed by atoms with van der Waals surface area (Å²) in [5.41, 5.74) is 0. The number of alkyl halides is 7. The summed E-state index contributed by atoms with van der Waals surface area (Å²) in [5.74, 6) is -17.5. The van der Waals surface area contributed by atoms with Crippen LogP contribution in [0.1, 0.15) is 111 Å². The third-order valence-electron chi connectivity index (χ3n) is 6.28. The van der Waals surface area contributed by atoms with Gasteiger partial charge in [0.2, 0.25) is 0 Å². The number of unbranched alkanes of at least 4 members (excludes halogenated alkanes) is 12. The zero-order valence-corrected chi connectivity index (χ0v) is 21.6. The highest BCUT2D eigenvalue weighted by Crippen LogP contribution is 2.46. The van der Waals surface area contributed by atoms with Crippen molar-refractivity contribution in [3.8, 4) is 0 Å². The van der Waals surface area contributed by atoms with Crippen LogP contribution in [0.4, 0.5) is 30.7 Å². The van der Waals surface area contributed by atoms with Crippen molar-refractivity contribution < 1.29 is 45.1 Å². The highest BCUT2D eigenvalue weighted by atomic mass is 19.4. The molecule has 0 saturated carbocycles. The van der Waals surface area contributed by atoms with E-state index in [2.05, 4.69) is 6.92 Å². The Hall–Kier alpha value is -1.55. The minimum absolute atomic E-state index is 0.0749. The summed E-state index contributed by atoms with van der Waals surface area (Å²) in [6.45, 7) is 5.01. The van der Waals surface area contributed by atoms with Gasteiger partial charge in [-0.1, -0.05) is 104 Å². The Labute approximate surface area is 210 Å². The van der Waals surface area contributed by atoms with Gasteiger partial charge in [0.1, 0.15) is 6.04 Å². The maximum absolute atomic E-state index is 13.6. The molecule has 0 rings (SSSR count). The van der Waals surface area contributed by atoms with Gasteiger partial charge in [0, 0.05) is 0 Å². The van der Waals surface area contributed by atoms with Crippen LogP contribution in [0.2, 0.25) is 0 Å². The minimum Gasteiger partial charge on any atom is -0.464 e. The maximum atomic E-state index is 13.6. The highest BCUT2D eigenvalue weighted by Gasteiger charge is 2.76. The van der Waals surface area contributed by atoms with Crippen molar-refractivity contribution in [3.05, 3.63) is 0 Å². The first-order chi connectivity index (χ1) is 16.7. The third kappa shape index (κ3) is 11.7. The molecular formula is C25H42F7NO3. The number of carbonyl (C=O) groups excluding carboxylic acids is 2. The van der Waals surface area contributed by atoms with E-state index in [1.54, 1.807) is 0 Å². The second kappa shape index (κ2) is 17.1. The number of hydrogen-bond acceptors (Lipinski definition) is 3. The molecule has 0 heterocycles. The second-order valence-electron chi connectivity index (χ2n) is 9.39. The number of rotatable bonds is 20. The smallest absolute Gasteiger partial charge is 0.460 e. The molecule has 1 N–H and O–H groups in total. The molecule has 11 heteroatoms. The maximum Gasteiger partial charge on any atom is 0.460 e. The molecular weight excluding hydrogens is 495 g/mol. The van der Waals surface area contributed by atoms with E-state index in [4.69, 9.17) is 4.74 Å². The van der Waals surface area contributed by atoms with Crippen molar-refractivity contribution in [1.82, 2.24) is 5.32 Å². The predicted octanol–water partition coefficient (Wildman–Crippen LogP) is 7.98. The van der Waals surface area contributed by atoms with Gasteiger partial charge in [0.05, 0.1) is 6.61 Å². The van der Waals surface area contributed by atoms with Crippen LogP contribution in [0.25, 0.3) is 0 Å². The van der Waals surface area contributed by atoms with Gasteiger partial charge in [-0.3, -0.25) is 4.79 Å². The van der Waals surface area contributed by atoms with Crippen LogP contribution in [0, 0.1) is 5.92 Å². The van der Waals surface area contributed by atoms with Gasteiger partial charge < -0.3 is 10.1 Å². The van der Waals surface area contributed by atoms with Crippen molar-refractivity contribution in [2.45, 2.75) is 135 Å². The van der Waals surface area contributed by atoms with E-state index in [-0.39, 0.29) is 13.0 Å². The van der Waals surface area contributed by atoms with E-state index < -0.39 is 41.9 Å². The molecule has 0 bridgehead atoms. The van der Waals surface area contributed by atoms with Crippen LogP contribution >= 0.6 is 0 Å². The molecule has 0 aliphatic carbocycles. The number of esters is 1. The molecule has 36 heavy (non-hydrogen) atoms. The fourth-order valence-corrected chi connectivity index (χ4v) is 3.60. The van der Waals surface area contributed by atoms with Gasteiger partial charge in [-0.2, -0.15) is 30.7 Å². The van der Waals surface area contributed by atoms with Crippen LogP contribution in [-0.2, 0) is 14.3 Å². The quantitative estimate of drug-likeness (QED) is 0.0973. The lowest BCUT2D eigenvalue weighted by Gasteiger charge is -2.29. The van der Waals surface area contributed by atoms with E-state index in [1.807, 2.05) is 0 Å². The topological polar surface area (TPSA) is 55.4 Å². The predicted molar refractivity (Wildman–Crippen MR) is 124 cm³/mol. The van der Waals surface area contributed by atoms with Crippen molar-refractivity contribution >= 4 is 11.9 Å². The lowest BCUT2D eigenvalue weighted by Crippen LogP contribution is -2.62. The molecule has 4 nitrogen and oxygen atoms in total. The molecule has 0 aromatic rings. The van der Waals surface area contributed by atoms with Crippen molar-refractivity contribution in [2.75, 3.05) is 6.61 Å². The summed E-state index contributed by atoms with van der Waals surface area (Å²) in [4.78, 5) is 23.9. The van der Waals surface area contributed by atoms with E-state index in [0.29, 0.717) is 6.42 Å². The van der Waals surface area contributed by atoms with Crippen molar-refractivity contribution in [3.63, 3.8) is 0 Å². The zero-order chi connectivity index (χ0) is 27.8. The first kappa shape index (κ1) is 34.5. The molecule has 214 valence electrons. The SMILES string of the molecule is CCCCCCCCCCCCCCCOC(=O)C(NC(=O)C(F)(F)C(F)(F)C(F)(F)F)C(C)CC. The Morgan fingerprint density at radius 3 is 1.53 bits per heavy atom. The molecule has 0 aromatic heterocycles. The minimum atomic E-state index is -6.64. The molecule has 0 aliphatic rings. The normalized spacial score (nSPS) is 14.4. The van der Waals surface area contributed by atoms with Crippen LogP contribution in [0.5, 0.6) is 0 Å². The number of halogens is 7. The first-order valence-corrected chi connectivity index (χ1v) is 13.0. The number of hydrogen-bond donors (Lipinski definition) is 1. The number of nitrogens with one attached hydrogen (secondary N) is 1. The second-order valence-corrected chi connectivity index (χ2v) is 9.39. The molecule has 2 atom stereocenters. The fourth-order valence-electron chi connectivity index (χ4n) is 3.60. The zero-order valence-electron chi connectivity index (χ0n) is 21.6. The average Bonchev–Trinajstić information content (AvgIpc) is 2.80. The fraction of sp³-hybridized carbons (Fsp3) is 0.920. The van der Waals surface area contributed by atoms with Crippen molar-refractivity contribution in [1.29, 1.82) is 0 Å². The molecule has 0 spiro atoms. The Kier molecular flexibility index (Phi) is 16.3. The third-order valence-corrected chi connectivity index (χ3v) is 6.28. The number of ether oxygens (including phenoxy) is 1. The summed E-state index contributed by atoms with van der Waals surface area (Å²) in [6, 6.07) is -1.78. The van der Waals surface area contributed by atoms with Gasteiger partial charge in [-0.25, -0.2) is 4.79 Å². The van der Waals surface area contributed by atoms with Crippen LogP contribution in [0.3, 0.4) is 0 Å². The Balaban J connectivity index is 4.38. The molecule has 0 saturated heterocycles. The lowest BCUT2D eigenvalue weighted by atomic mass is 9.98. The van der Waals surface area contributed by atoms with Gasteiger partial charge in [-0.05, 0) is 12.3 Å². The van der Waals surface area contributed by atoms with E-state index in [0.717, 1.165) is 32.1 Å². The van der Waals surface area contributed by atoms with Gasteiger partial charge >= 0.3 is 24.0 Å². The molecule has 1 amide bonds. The summed E-state index contributed by atoms with van der Waals surface area (Å²) >= 11 is 0. The highest BCUT2D eigenvalue weighted by molar-refractivity contribution is 5.89. The van der Waals surface area contributed by atoms with Gasteiger partial charge in [0.15, 0.2) is 0 Å². The summed E-state index contributed by atoms with van der Waals surface area (Å²) in [6.07, 6.45) is 7.78. The molecule has 0 radical (unpaired) electrons. The molecule has 2 unspecified atom stereocenters. The van der Waals surface area contributed by atoms with Crippen molar-refractivity contribution in [2.24, 2.45) is 5.92 Å². The molecule has 0 aliphatic heterocycles. The van der Waals surface area contributed by atoms with E-state index in [9.17, 15) is 40.3 Å². The molecule has 0 aromatic carbocycles. The van der Waals surface area contributed by atoms with Crippen LogP contribution in [0.15, 0.2) is 0 Å². The van der Waals surface area contributed by atoms with Gasteiger partial charge in [-0.15, -0.1) is 0 Å². The summed E-state index contributed by atoms with van der Waals surface area (Å²) < 4.78 is 95.5. The van der Waals surface area contributed by atoms with Gasteiger partial charge in [0.25, 0.3) is 5.91 Å². The molecule has 0 fully saturated rings. The van der Waals surface area contributed by atoms with E-state index >= 15 is 0 Å². The Bertz CT molecular complexity index is 627. The average molecular weight is 538 g/mol. The first-order valence-electron chi connectivity index (χ1n) is 13.0. The van der Waals surface area contributed by atoms with Crippen LogP contribution < -0.4 is 5.32 Å². The lowest BCUT2D eigenvalue weighted by molar-refractivity contribution is -0.344. The monoisotopic (exact) mass is 537 g/mol. The number of carbonyl (C=O) groups is 2. The van der Waals surface area contributed by atoms with Crippen LogP contribution in [-0.4, -0.2) is 42.5 Å². The summed E-state index contributed by atoms with van der Waals surface area (Å²) in [7, 11) is 0. The van der Waals surface area contributed by atoms with E-state index in [1.165, 1.54) is 64.1 Å². The summed E-state index contributed by atoms with van der Waals surface area (Å²) in [5, 5.41) is 1.34. The Morgan fingerprint density at radius 2 is 1.14 bits per heavy atom. The Morgan fingerprint density at radius 1 is 0.722 bits per heavy atom. The largest absolute Gasteiger partial charge is 0.464 e. The number of amides is 1. The standard InChI is InChI=1S/C25H42F7NO3/c1-4-6-7-8-9-10-11-12-13-14-15-16-17-18-36-21(34)20(19(3)5-2)33-22(35)23(26,27)24(28,29)25(30,31)32/h19-20H,4-18H2,1-3H3,(H,33,35).